The number of rotatable bonds is 3. The summed E-state index contributed by atoms with van der Waals surface area (Å²) in [6.07, 6.45) is 4.29. The maximum atomic E-state index is 11.8. The van der Waals surface area contributed by atoms with Gasteiger partial charge >= 0.3 is 0 Å². The van der Waals surface area contributed by atoms with Crippen LogP contribution >= 0.6 is 23.2 Å². The standard InChI is InChI=1S/C13H8Cl2O3/c14-10-6-9(13(17)7-11(10)15)12(16)4-3-8-2-1-5-18-8/h1-7,17H. The summed E-state index contributed by atoms with van der Waals surface area (Å²) in [5.41, 5.74) is 0.0900. The number of phenolic OH excluding ortho intramolecular Hbond substituents is 1. The molecule has 0 spiro atoms. The lowest BCUT2D eigenvalue weighted by Gasteiger charge is -2.02. The van der Waals surface area contributed by atoms with Gasteiger partial charge in [-0.05, 0) is 30.4 Å². The van der Waals surface area contributed by atoms with E-state index in [2.05, 4.69) is 0 Å². The summed E-state index contributed by atoms with van der Waals surface area (Å²) in [5, 5.41) is 10.0. The Bertz CT molecular complexity index is 601. The Morgan fingerprint density at radius 1 is 1.28 bits per heavy atom. The lowest BCUT2D eigenvalue weighted by Crippen LogP contribution is -1.95. The minimum absolute atomic E-state index is 0.0900. The molecule has 18 heavy (non-hydrogen) atoms. The molecule has 0 atom stereocenters. The van der Waals surface area contributed by atoms with Crippen molar-refractivity contribution in [2.75, 3.05) is 0 Å². The topological polar surface area (TPSA) is 50.4 Å². The molecule has 0 aliphatic rings. The quantitative estimate of drug-likeness (QED) is 0.678. The molecule has 0 saturated carbocycles. The van der Waals surface area contributed by atoms with Crippen LogP contribution in [0.5, 0.6) is 5.75 Å². The predicted molar refractivity (Wildman–Crippen MR) is 70.2 cm³/mol. The van der Waals surface area contributed by atoms with Gasteiger partial charge in [0.25, 0.3) is 0 Å². The van der Waals surface area contributed by atoms with Crippen molar-refractivity contribution in [1.82, 2.24) is 0 Å². The third kappa shape index (κ3) is 2.75. The molecule has 0 aliphatic carbocycles. The summed E-state index contributed by atoms with van der Waals surface area (Å²) in [6.45, 7) is 0. The van der Waals surface area contributed by atoms with Crippen LogP contribution in [0.4, 0.5) is 0 Å². The minimum atomic E-state index is -0.387. The molecule has 0 aliphatic heterocycles. The van der Waals surface area contributed by atoms with Crippen molar-refractivity contribution in [2.45, 2.75) is 0 Å². The molecule has 1 heterocycles. The molecular formula is C13H8Cl2O3. The number of ketones is 1. The van der Waals surface area contributed by atoms with Crippen LogP contribution in [0, 0.1) is 0 Å². The van der Waals surface area contributed by atoms with Crippen LogP contribution in [0.15, 0.2) is 41.0 Å². The van der Waals surface area contributed by atoms with Crippen LogP contribution in [-0.4, -0.2) is 10.9 Å². The highest BCUT2D eigenvalue weighted by Crippen LogP contribution is 2.30. The molecule has 3 nitrogen and oxygen atoms in total. The van der Waals surface area contributed by atoms with Crippen molar-refractivity contribution in [3.63, 3.8) is 0 Å². The zero-order valence-corrected chi connectivity index (χ0v) is 10.6. The molecule has 0 fully saturated rings. The number of hydrogen-bond donors (Lipinski definition) is 1. The molecule has 0 unspecified atom stereocenters. The van der Waals surface area contributed by atoms with Crippen molar-refractivity contribution in [1.29, 1.82) is 0 Å². The van der Waals surface area contributed by atoms with E-state index in [0.717, 1.165) is 0 Å². The fraction of sp³-hybridized carbons (Fsp3) is 0. The number of carbonyl (C=O) groups is 1. The predicted octanol–water partition coefficient (Wildman–Crippen LogP) is 4.19. The molecule has 0 radical (unpaired) electrons. The number of halogens is 2. The van der Waals surface area contributed by atoms with Gasteiger partial charge in [-0.25, -0.2) is 0 Å². The van der Waals surface area contributed by atoms with Gasteiger partial charge in [0.2, 0.25) is 0 Å². The molecule has 0 saturated heterocycles. The summed E-state index contributed by atoms with van der Waals surface area (Å²) < 4.78 is 5.04. The average Bonchev–Trinajstić information content (AvgIpc) is 2.84. The van der Waals surface area contributed by atoms with Crippen molar-refractivity contribution in [2.24, 2.45) is 0 Å². The second-order valence-electron chi connectivity index (χ2n) is 3.50. The van der Waals surface area contributed by atoms with E-state index in [0.29, 0.717) is 5.76 Å². The maximum absolute atomic E-state index is 11.8. The van der Waals surface area contributed by atoms with E-state index in [-0.39, 0.29) is 27.1 Å². The van der Waals surface area contributed by atoms with E-state index in [9.17, 15) is 9.90 Å². The molecule has 1 aromatic heterocycles. The van der Waals surface area contributed by atoms with Gasteiger partial charge < -0.3 is 9.52 Å². The Balaban J connectivity index is 2.27. The maximum Gasteiger partial charge on any atom is 0.189 e. The molecule has 92 valence electrons. The Labute approximate surface area is 113 Å². The molecule has 1 aromatic carbocycles. The van der Waals surface area contributed by atoms with E-state index in [1.165, 1.54) is 30.5 Å². The first-order valence-electron chi connectivity index (χ1n) is 5.02. The summed E-state index contributed by atoms with van der Waals surface area (Å²) in [7, 11) is 0. The summed E-state index contributed by atoms with van der Waals surface area (Å²) in [4.78, 5) is 11.8. The molecule has 0 amide bonds. The number of furan rings is 1. The Hall–Kier alpha value is -1.71. The Kier molecular flexibility index (Phi) is 3.75. The second-order valence-corrected chi connectivity index (χ2v) is 4.31. The zero-order chi connectivity index (χ0) is 13.1. The number of carbonyl (C=O) groups excluding carboxylic acids is 1. The summed E-state index contributed by atoms with van der Waals surface area (Å²) in [5.74, 6) is -0.0520. The number of phenols is 1. The van der Waals surface area contributed by atoms with Crippen LogP contribution in [0.2, 0.25) is 10.0 Å². The van der Waals surface area contributed by atoms with Crippen molar-refractivity contribution >= 4 is 35.1 Å². The normalized spacial score (nSPS) is 11.0. The Morgan fingerprint density at radius 3 is 2.67 bits per heavy atom. The van der Waals surface area contributed by atoms with E-state index >= 15 is 0 Å². The molecular weight excluding hydrogens is 275 g/mol. The lowest BCUT2D eigenvalue weighted by molar-refractivity contribution is 0.104. The SMILES string of the molecule is O=C(C=Cc1ccco1)c1cc(Cl)c(Cl)cc1O. The van der Waals surface area contributed by atoms with Gasteiger partial charge in [0.1, 0.15) is 11.5 Å². The van der Waals surface area contributed by atoms with Gasteiger partial charge in [-0.15, -0.1) is 0 Å². The number of benzene rings is 1. The van der Waals surface area contributed by atoms with Gasteiger partial charge in [-0.3, -0.25) is 4.79 Å². The van der Waals surface area contributed by atoms with E-state index < -0.39 is 0 Å². The number of allylic oxidation sites excluding steroid dienone is 1. The van der Waals surface area contributed by atoms with Crippen LogP contribution < -0.4 is 0 Å². The highest BCUT2D eigenvalue weighted by Gasteiger charge is 2.11. The van der Waals surface area contributed by atoms with E-state index in [1.807, 2.05) is 0 Å². The zero-order valence-electron chi connectivity index (χ0n) is 9.06. The van der Waals surface area contributed by atoms with Crippen LogP contribution in [0.1, 0.15) is 16.1 Å². The number of aromatic hydroxyl groups is 1. The van der Waals surface area contributed by atoms with E-state index in [1.54, 1.807) is 12.1 Å². The molecule has 2 aromatic rings. The third-order valence-electron chi connectivity index (χ3n) is 2.25. The largest absolute Gasteiger partial charge is 0.507 e. The first kappa shape index (κ1) is 12.7. The van der Waals surface area contributed by atoms with Crippen molar-refractivity contribution < 1.29 is 14.3 Å². The van der Waals surface area contributed by atoms with Gasteiger partial charge in [0.05, 0.1) is 21.9 Å². The minimum Gasteiger partial charge on any atom is -0.507 e. The molecule has 1 N–H and O–H groups in total. The molecule has 2 rings (SSSR count). The van der Waals surface area contributed by atoms with Crippen LogP contribution in [0.3, 0.4) is 0 Å². The molecule has 0 bridgehead atoms. The van der Waals surface area contributed by atoms with Gasteiger partial charge in [0, 0.05) is 6.07 Å². The fourth-order valence-electron chi connectivity index (χ4n) is 1.37. The van der Waals surface area contributed by atoms with Crippen LogP contribution in [-0.2, 0) is 0 Å². The summed E-state index contributed by atoms with van der Waals surface area (Å²) >= 11 is 11.5. The van der Waals surface area contributed by atoms with Gasteiger partial charge in [-0.2, -0.15) is 0 Å². The first-order chi connectivity index (χ1) is 8.58. The fourth-order valence-corrected chi connectivity index (χ4v) is 1.69. The first-order valence-corrected chi connectivity index (χ1v) is 5.77. The summed E-state index contributed by atoms with van der Waals surface area (Å²) in [6, 6.07) is 5.98. The van der Waals surface area contributed by atoms with Gasteiger partial charge in [0.15, 0.2) is 5.78 Å². The highest BCUT2D eigenvalue weighted by atomic mass is 35.5. The van der Waals surface area contributed by atoms with E-state index in [4.69, 9.17) is 27.6 Å². The third-order valence-corrected chi connectivity index (χ3v) is 2.97. The van der Waals surface area contributed by atoms with Gasteiger partial charge in [-0.1, -0.05) is 23.2 Å². The smallest absolute Gasteiger partial charge is 0.189 e. The Morgan fingerprint density at radius 2 is 2.00 bits per heavy atom. The monoisotopic (exact) mass is 282 g/mol. The molecule has 5 heteroatoms. The highest BCUT2D eigenvalue weighted by molar-refractivity contribution is 6.42. The van der Waals surface area contributed by atoms with Crippen LogP contribution in [0.25, 0.3) is 6.08 Å². The number of hydrogen-bond acceptors (Lipinski definition) is 3. The van der Waals surface area contributed by atoms with Crippen molar-refractivity contribution in [3.8, 4) is 5.75 Å². The lowest BCUT2D eigenvalue weighted by atomic mass is 10.1. The van der Waals surface area contributed by atoms with Crippen molar-refractivity contribution in [3.05, 3.63) is 58.0 Å². The average molecular weight is 283 g/mol. The second kappa shape index (κ2) is 5.29.